The molecule has 10 heteroatoms. The van der Waals surface area contributed by atoms with Crippen LogP contribution in [-0.2, 0) is 16.6 Å². The Bertz CT molecular complexity index is 1140. The number of sulfonamides is 1. The van der Waals surface area contributed by atoms with Crippen molar-refractivity contribution in [2.45, 2.75) is 32.2 Å². The van der Waals surface area contributed by atoms with Gasteiger partial charge in [-0.05, 0) is 38.5 Å². The van der Waals surface area contributed by atoms with Crippen LogP contribution in [-0.4, -0.2) is 35.5 Å². The van der Waals surface area contributed by atoms with Gasteiger partial charge in [-0.15, -0.1) is 0 Å². The van der Waals surface area contributed by atoms with Gasteiger partial charge in [0.15, 0.2) is 5.82 Å². The number of urea groups is 1. The predicted octanol–water partition coefficient (Wildman–Crippen LogP) is 1.63. The van der Waals surface area contributed by atoms with Gasteiger partial charge in [0.05, 0.1) is 10.4 Å². The van der Waals surface area contributed by atoms with Crippen LogP contribution in [0.15, 0.2) is 35.2 Å². The molecular weight excluding hydrogens is 380 g/mol. The molecule has 0 aliphatic rings. The van der Waals surface area contributed by atoms with Crippen molar-refractivity contribution in [3.05, 3.63) is 47.4 Å². The van der Waals surface area contributed by atoms with Gasteiger partial charge in [0.25, 0.3) is 10.0 Å². The molecule has 0 unspecified atom stereocenters. The van der Waals surface area contributed by atoms with Crippen LogP contribution < -0.4 is 15.8 Å². The van der Waals surface area contributed by atoms with Crippen molar-refractivity contribution >= 4 is 32.9 Å². The number of nitrogen functional groups attached to an aromatic ring is 1. The van der Waals surface area contributed by atoms with Crippen LogP contribution in [0.2, 0.25) is 0 Å². The van der Waals surface area contributed by atoms with Crippen molar-refractivity contribution in [2.75, 3.05) is 12.3 Å². The fourth-order valence-electron chi connectivity index (χ4n) is 2.98. The Morgan fingerprint density at radius 3 is 2.50 bits per heavy atom. The van der Waals surface area contributed by atoms with Crippen LogP contribution in [0.25, 0.3) is 11.0 Å². The van der Waals surface area contributed by atoms with E-state index in [9.17, 15) is 13.2 Å². The minimum absolute atomic E-state index is 0.0238. The van der Waals surface area contributed by atoms with Crippen molar-refractivity contribution in [3.8, 4) is 0 Å². The average molecular weight is 402 g/mol. The van der Waals surface area contributed by atoms with Crippen molar-refractivity contribution in [3.63, 3.8) is 0 Å². The number of nitrogens with one attached hydrogen (secondary N) is 2. The van der Waals surface area contributed by atoms with E-state index in [1.165, 1.54) is 12.1 Å². The summed E-state index contributed by atoms with van der Waals surface area (Å²) in [5.74, 6) is 1.09. The van der Waals surface area contributed by atoms with Crippen LogP contribution >= 0.6 is 0 Å². The minimum atomic E-state index is -3.91. The molecule has 28 heavy (non-hydrogen) atoms. The number of hydrogen-bond acceptors (Lipinski definition) is 6. The second-order valence-electron chi connectivity index (χ2n) is 6.39. The van der Waals surface area contributed by atoms with E-state index in [1.54, 1.807) is 18.2 Å². The summed E-state index contributed by atoms with van der Waals surface area (Å²) in [6.45, 7) is 6.27. The third kappa shape index (κ3) is 3.77. The number of amides is 2. The molecule has 0 bridgehead atoms. The van der Waals surface area contributed by atoms with Crippen LogP contribution in [0.3, 0.4) is 0 Å². The second-order valence-corrected chi connectivity index (χ2v) is 8.07. The van der Waals surface area contributed by atoms with Gasteiger partial charge in [0, 0.05) is 18.8 Å². The number of nitrogens with two attached hydrogens (primary N) is 1. The van der Waals surface area contributed by atoms with Crippen LogP contribution in [0.4, 0.5) is 10.6 Å². The molecule has 2 aromatic heterocycles. The molecule has 148 valence electrons. The quantitative estimate of drug-likeness (QED) is 0.594. The minimum Gasteiger partial charge on any atom is -0.382 e. The largest absolute Gasteiger partial charge is 0.382 e. The van der Waals surface area contributed by atoms with E-state index < -0.39 is 16.1 Å². The van der Waals surface area contributed by atoms with Gasteiger partial charge in [0.1, 0.15) is 11.3 Å². The van der Waals surface area contributed by atoms with Crippen LogP contribution in [0, 0.1) is 20.8 Å². The zero-order valence-corrected chi connectivity index (χ0v) is 16.7. The highest BCUT2D eigenvalue weighted by molar-refractivity contribution is 7.90. The lowest BCUT2D eigenvalue weighted by Gasteiger charge is -2.12. The normalized spacial score (nSPS) is 11.5. The van der Waals surface area contributed by atoms with Crippen molar-refractivity contribution in [2.24, 2.45) is 0 Å². The summed E-state index contributed by atoms with van der Waals surface area (Å²) in [5, 5.41) is 2.56. The number of anilines is 1. The molecule has 0 radical (unpaired) electrons. The summed E-state index contributed by atoms with van der Waals surface area (Å²) in [4.78, 5) is 20.8. The van der Waals surface area contributed by atoms with Gasteiger partial charge >= 0.3 is 6.03 Å². The predicted molar refractivity (Wildman–Crippen MR) is 106 cm³/mol. The standard InChI is InChI=1S/C18H22N6O3S/c1-11-12(2)21-17(19)15-16(11)24(13(3)22-15)10-9-20-18(25)23-28(26,27)14-7-5-4-6-8-14/h4-8H,9-10H2,1-3H3,(H2,19,21)(H2,20,23,25). The molecule has 0 atom stereocenters. The van der Waals surface area contributed by atoms with Crippen LogP contribution in [0.5, 0.6) is 0 Å². The number of aromatic nitrogens is 3. The van der Waals surface area contributed by atoms with E-state index in [-0.39, 0.29) is 11.4 Å². The summed E-state index contributed by atoms with van der Waals surface area (Å²) in [7, 11) is -3.91. The SMILES string of the molecule is Cc1nc(N)c2nc(C)n(CCNC(=O)NS(=O)(=O)c3ccccc3)c2c1C. The summed E-state index contributed by atoms with van der Waals surface area (Å²) < 4.78 is 28.3. The van der Waals surface area contributed by atoms with E-state index in [0.717, 1.165) is 22.6 Å². The highest BCUT2D eigenvalue weighted by atomic mass is 32.2. The number of fused-ring (bicyclic) bond motifs is 1. The molecule has 1 aromatic carbocycles. The Balaban J connectivity index is 1.70. The molecule has 0 aliphatic carbocycles. The fourth-order valence-corrected chi connectivity index (χ4v) is 3.93. The van der Waals surface area contributed by atoms with Gasteiger partial charge in [-0.1, -0.05) is 18.2 Å². The zero-order valence-electron chi connectivity index (χ0n) is 15.9. The van der Waals surface area contributed by atoms with Crippen molar-refractivity contribution < 1.29 is 13.2 Å². The van der Waals surface area contributed by atoms with Gasteiger partial charge in [-0.25, -0.2) is 27.9 Å². The molecule has 2 amide bonds. The molecular formula is C18H22N6O3S. The van der Waals surface area contributed by atoms with E-state index in [2.05, 4.69) is 15.3 Å². The number of imidazole rings is 1. The summed E-state index contributed by atoms with van der Waals surface area (Å²) in [6, 6.07) is 6.91. The van der Waals surface area contributed by atoms with Gasteiger partial charge in [-0.3, -0.25) is 0 Å². The van der Waals surface area contributed by atoms with E-state index >= 15 is 0 Å². The first kappa shape index (κ1) is 19.6. The molecule has 0 spiro atoms. The lowest BCUT2D eigenvalue weighted by Crippen LogP contribution is -2.40. The van der Waals surface area contributed by atoms with Crippen LogP contribution in [0.1, 0.15) is 17.1 Å². The van der Waals surface area contributed by atoms with Crippen molar-refractivity contribution in [1.29, 1.82) is 0 Å². The van der Waals surface area contributed by atoms with Gasteiger partial charge < -0.3 is 15.6 Å². The number of hydrogen-bond donors (Lipinski definition) is 3. The average Bonchev–Trinajstić information content (AvgIpc) is 2.97. The smallest absolute Gasteiger partial charge is 0.328 e. The first-order valence-corrected chi connectivity index (χ1v) is 10.1. The first-order valence-electron chi connectivity index (χ1n) is 8.66. The Morgan fingerprint density at radius 2 is 1.82 bits per heavy atom. The summed E-state index contributed by atoms with van der Waals surface area (Å²) in [6.07, 6.45) is 0. The number of rotatable bonds is 5. The number of nitrogens with zero attached hydrogens (tertiary/aromatic N) is 3. The fraction of sp³-hybridized carbons (Fsp3) is 0.278. The number of carbonyl (C=O) groups is 1. The maximum atomic E-state index is 12.2. The summed E-state index contributed by atoms with van der Waals surface area (Å²) >= 11 is 0. The lowest BCUT2D eigenvalue weighted by atomic mass is 10.2. The summed E-state index contributed by atoms with van der Waals surface area (Å²) in [5.41, 5.74) is 9.23. The topological polar surface area (TPSA) is 132 Å². The number of pyridine rings is 1. The van der Waals surface area contributed by atoms with E-state index in [4.69, 9.17) is 5.73 Å². The zero-order chi connectivity index (χ0) is 20.5. The number of aryl methyl sites for hydroxylation is 3. The lowest BCUT2D eigenvalue weighted by molar-refractivity contribution is 0.245. The third-order valence-electron chi connectivity index (χ3n) is 4.49. The highest BCUT2D eigenvalue weighted by Crippen LogP contribution is 2.25. The van der Waals surface area contributed by atoms with E-state index in [1.807, 2.05) is 30.1 Å². The molecule has 0 saturated carbocycles. The van der Waals surface area contributed by atoms with Gasteiger partial charge in [0.2, 0.25) is 0 Å². The Labute approximate surface area is 163 Å². The molecule has 4 N–H and O–H groups in total. The Morgan fingerprint density at radius 1 is 1.14 bits per heavy atom. The third-order valence-corrected chi connectivity index (χ3v) is 5.84. The Hall–Kier alpha value is -3.14. The molecule has 3 rings (SSSR count). The van der Waals surface area contributed by atoms with Crippen molar-refractivity contribution in [1.82, 2.24) is 24.6 Å². The van der Waals surface area contributed by atoms with Gasteiger partial charge in [-0.2, -0.15) is 0 Å². The molecule has 0 aliphatic heterocycles. The Kier molecular flexibility index (Phi) is 5.23. The highest BCUT2D eigenvalue weighted by Gasteiger charge is 2.18. The molecule has 9 nitrogen and oxygen atoms in total. The molecule has 2 heterocycles. The second kappa shape index (κ2) is 7.47. The first-order chi connectivity index (χ1) is 13.2. The number of carbonyl (C=O) groups excluding carboxylic acids is 1. The maximum Gasteiger partial charge on any atom is 0.328 e. The molecule has 0 fully saturated rings. The molecule has 3 aromatic rings. The number of benzene rings is 1. The monoisotopic (exact) mass is 402 g/mol. The van der Waals surface area contributed by atoms with E-state index in [0.29, 0.717) is 17.9 Å². The maximum absolute atomic E-state index is 12.2. The molecule has 0 saturated heterocycles.